The Labute approximate surface area is 119 Å². The highest BCUT2D eigenvalue weighted by molar-refractivity contribution is 6.33. The Balaban J connectivity index is 2.23. The van der Waals surface area contributed by atoms with E-state index in [1.54, 1.807) is 0 Å². The summed E-state index contributed by atoms with van der Waals surface area (Å²) in [5.41, 5.74) is 7.63. The lowest BCUT2D eigenvalue weighted by Crippen LogP contribution is -2.37. The van der Waals surface area contributed by atoms with Gasteiger partial charge >= 0.3 is 0 Å². The molecule has 1 aliphatic heterocycles. The largest absolute Gasteiger partial charge is 0.391 e. The second-order valence-electron chi connectivity index (χ2n) is 5.45. The van der Waals surface area contributed by atoms with E-state index >= 15 is 0 Å². The maximum Gasteiger partial charge on any atom is 0.0735 e. The van der Waals surface area contributed by atoms with Crippen molar-refractivity contribution < 1.29 is 5.11 Å². The van der Waals surface area contributed by atoms with Crippen LogP contribution in [0.2, 0.25) is 5.02 Å². The highest BCUT2D eigenvalue weighted by Crippen LogP contribution is 2.32. The van der Waals surface area contributed by atoms with E-state index in [0.717, 1.165) is 24.2 Å². The molecular formula is C14H22ClN3O. The molecule has 1 aliphatic rings. The molecule has 4 nitrogen and oxygen atoms in total. The van der Waals surface area contributed by atoms with Gasteiger partial charge in [-0.1, -0.05) is 17.7 Å². The third kappa shape index (κ3) is 3.39. The van der Waals surface area contributed by atoms with Gasteiger partial charge in [-0.2, -0.15) is 0 Å². The van der Waals surface area contributed by atoms with Crippen LogP contribution in [0.3, 0.4) is 0 Å². The molecule has 106 valence electrons. The number of aliphatic hydroxyl groups excluding tert-OH is 1. The molecule has 1 aromatic rings. The minimum absolute atomic E-state index is 0.282. The zero-order chi connectivity index (χ0) is 14.0. The van der Waals surface area contributed by atoms with Gasteiger partial charge in [0.05, 0.1) is 16.8 Å². The van der Waals surface area contributed by atoms with Crippen LogP contribution in [0.5, 0.6) is 0 Å². The van der Waals surface area contributed by atoms with Gasteiger partial charge in [-0.05, 0) is 38.2 Å². The van der Waals surface area contributed by atoms with Gasteiger partial charge in [0.2, 0.25) is 0 Å². The van der Waals surface area contributed by atoms with Crippen molar-refractivity contribution in [3.63, 3.8) is 0 Å². The van der Waals surface area contributed by atoms with Crippen LogP contribution < -0.4 is 10.6 Å². The molecule has 1 aromatic carbocycles. The second-order valence-corrected chi connectivity index (χ2v) is 5.86. The molecule has 2 rings (SSSR count). The molecule has 19 heavy (non-hydrogen) atoms. The molecule has 0 aliphatic carbocycles. The van der Waals surface area contributed by atoms with Gasteiger partial charge in [-0.3, -0.25) is 0 Å². The van der Waals surface area contributed by atoms with Gasteiger partial charge in [-0.25, -0.2) is 0 Å². The molecule has 3 N–H and O–H groups in total. The molecule has 1 saturated heterocycles. The summed E-state index contributed by atoms with van der Waals surface area (Å²) in [7, 11) is 4.09. The molecule has 0 amide bonds. The van der Waals surface area contributed by atoms with Crippen molar-refractivity contribution in [3.8, 4) is 0 Å². The number of anilines is 1. The lowest BCUT2D eigenvalue weighted by molar-refractivity contribution is 0.191. The summed E-state index contributed by atoms with van der Waals surface area (Å²) in [4.78, 5) is 4.34. The van der Waals surface area contributed by atoms with Crippen molar-refractivity contribution in [2.24, 2.45) is 5.73 Å². The van der Waals surface area contributed by atoms with Crippen molar-refractivity contribution in [1.29, 1.82) is 0 Å². The monoisotopic (exact) mass is 283 g/mol. The van der Waals surface area contributed by atoms with Gasteiger partial charge < -0.3 is 20.6 Å². The minimum atomic E-state index is -0.282. The van der Waals surface area contributed by atoms with E-state index < -0.39 is 0 Å². The average molecular weight is 284 g/mol. The highest BCUT2D eigenvalue weighted by atomic mass is 35.5. The predicted molar refractivity (Wildman–Crippen MR) is 79.7 cm³/mol. The van der Waals surface area contributed by atoms with Crippen LogP contribution in [0.15, 0.2) is 18.2 Å². The lowest BCUT2D eigenvalue weighted by atomic mass is 10.1. The molecule has 2 unspecified atom stereocenters. The number of hydrogen-bond donors (Lipinski definition) is 2. The van der Waals surface area contributed by atoms with Crippen LogP contribution in [0, 0.1) is 0 Å². The molecule has 0 spiro atoms. The van der Waals surface area contributed by atoms with Crippen molar-refractivity contribution in [2.45, 2.75) is 25.1 Å². The zero-order valence-electron chi connectivity index (χ0n) is 11.5. The number of hydrogen-bond acceptors (Lipinski definition) is 4. The first kappa shape index (κ1) is 14.6. The summed E-state index contributed by atoms with van der Waals surface area (Å²) in [5, 5.41) is 10.6. The van der Waals surface area contributed by atoms with Crippen LogP contribution in [0.4, 0.5) is 5.69 Å². The van der Waals surface area contributed by atoms with Gasteiger partial charge in [0.1, 0.15) is 0 Å². The van der Waals surface area contributed by atoms with E-state index in [9.17, 15) is 5.11 Å². The molecule has 1 fully saturated rings. The summed E-state index contributed by atoms with van der Waals surface area (Å²) in [6.45, 7) is 2.04. The molecule has 2 atom stereocenters. The number of halogens is 1. The number of benzene rings is 1. The van der Waals surface area contributed by atoms with Gasteiger partial charge in [0, 0.05) is 25.7 Å². The maximum atomic E-state index is 9.91. The second kappa shape index (κ2) is 6.09. The summed E-state index contributed by atoms with van der Waals surface area (Å²) in [6.07, 6.45) is 0.503. The molecule has 0 bridgehead atoms. The van der Waals surface area contributed by atoms with E-state index in [-0.39, 0.29) is 6.10 Å². The van der Waals surface area contributed by atoms with Crippen LogP contribution in [0.1, 0.15) is 12.0 Å². The van der Waals surface area contributed by atoms with E-state index in [1.165, 1.54) is 0 Å². The standard InChI is InChI=1S/C14H22ClN3O/c1-17(2)8-11-6-12(19)9-18(11)14-4-3-10(7-16)5-13(14)15/h3-5,11-12,19H,6-9,16H2,1-2H3. The number of nitrogens with two attached hydrogens (primary N) is 1. The number of likely N-dealkylation sites (N-methyl/N-ethyl adjacent to an activating group) is 1. The minimum Gasteiger partial charge on any atom is -0.391 e. The molecule has 1 heterocycles. The molecule has 0 aromatic heterocycles. The van der Waals surface area contributed by atoms with E-state index in [1.807, 2.05) is 32.3 Å². The summed E-state index contributed by atoms with van der Waals surface area (Å²) >= 11 is 6.35. The lowest BCUT2D eigenvalue weighted by Gasteiger charge is -2.29. The third-order valence-corrected chi connectivity index (χ3v) is 3.83. The normalized spacial score (nSPS) is 23.4. The first-order chi connectivity index (χ1) is 9.01. The highest BCUT2D eigenvalue weighted by Gasteiger charge is 2.32. The van der Waals surface area contributed by atoms with Crippen molar-refractivity contribution in [3.05, 3.63) is 28.8 Å². The van der Waals surface area contributed by atoms with E-state index in [2.05, 4.69) is 9.80 Å². The first-order valence-electron chi connectivity index (χ1n) is 6.59. The molecule has 5 heteroatoms. The Morgan fingerprint density at radius 2 is 2.21 bits per heavy atom. The topological polar surface area (TPSA) is 52.7 Å². The number of aliphatic hydroxyl groups is 1. The Hall–Kier alpha value is -0.810. The molecule has 0 radical (unpaired) electrons. The van der Waals surface area contributed by atoms with Crippen molar-refractivity contribution in [2.75, 3.05) is 32.1 Å². The quantitative estimate of drug-likeness (QED) is 0.875. The number of β-amino-alcohol motifs (C(OH)–C–C–N with tert-alkyl or cyclic N) is 1. The van der Waals surface area contributed by atoms with Crippen molar-refractivity contribution in [1.82, 2.24) is 4.90 Å². The fourth-order valence-electron chi connectivity index (χ4n) is 2.69. The summed E-state index contributed by atoms with van der Waals surface area (Å²) < 4.78 is 0. The Bertz CT molecular complexity index is 439. The van der Waals surface area contributed by atoms with Crippen LogP contribution >= 0.6 is 11.6 Å². The fourth-order valence-corrected chi connectivity index (χ4v) is 3.00. The summed E-state index contributed by atoms with van der Waals surface area (Å²) in [5.74, 6) is 0. The van der Waals surface area contributed by atoms with Crippen LogP contribution in [0.25, 0.3) is 0 Å². The SMILES string of the molecule is CN(C)CC1CC(O)CN1c1ccc(CN)cc1Cl. The van der Waals surface area contributed by atoms with Crippen LogP contribution in [-0.2, 0) is 6.54 Å². The van der Waals surface area contributed by atoms with E-state index in [0.29, 0.717) is 24.2 Å². The Kier molecular flexibility index (Phi) is 4.68. The van der Waals surface area contributed by atoms with Gasteiger partial charge in [0.15, 0.2) is 0 Å². The zero-order valence-corrected chi connectivity index (χ0v) is 12.3. The Morgan fingerprint density at radius 3 is 2.79 bits per heavy atom. The molecular weight excluding hydrogens is 262 g/mol. The number of rotatable bonds is 4. The Morgan fingerprint density at radius 1 is 1.47 bits per heavy atom. The van der Waals surface area contributed by atoms with Gasteiger partial charge in [-0.15, -0.1) is 0 Å². The first-order valence-corrected chi connectivity index (χ1v) is 6.97. The smallest absolute Gasteiger partial charge is 0.0735 e. The fraction of sp³-hybridized carbons (Fsp3) is 0.571. The summed E-state index contributed by atoms with van der Waals surface area (Å²) in [6, 6.07) is 6.21. The van der Waals surface area contributed by atoms with Crippen LogP contribution in [-0.4, -0.2) is 49.3 Å². The van der Waals surface area contributed by atoms with E-state index in [4.69, 9.17) is 17.3 Å². The third-order valence-electron chi connectivity index (χ3n) is 3.53. The molecule has 0 saturated carbocycles. The predicted octanol–water partition coefficient (Wildman–Crippen LogP) is 1.30. The maximum absolute atomic E-state index is 9.91. The van der Waals surface area contributed by atoms with Crippen molar-refractivity contribution >= 4 is 17.3 Å². The average Bonchev–Trinajstić information content (AvgIpc) is 2.69. The van der Waals surface area contributed by atoms with Gasteiger partial charge in [0.25, 0.3) is 0 Å². The number of nitrogens with zero attached hydrogens (tertiary/aromatic N) is 2.